The van der Waals surface area contributed by atoms with Crippen LogP contribution < -0.4 is 5.32 Å². The summed E-state index contributed by atoms with van der Waals surface area (Å²) in [5.41, 5.74) is 5.48. The number of aromatic nitrogens is 2. The maximum atomic E-state index is 12.9. The molecule has 1 amide bonds. The van der Waals surface area contributed by atoms with Gasteiger partial charge in [-0.2, -0.15) is 0 Å². The molecule has 0 saturated heterocycles. The quantitative estimate of drug-likeness (QED) is 0.246. The lowest BCUT2D eigenvalue weighted by molar-refractivity contribution is -0.121. The molecule has 0 spiro atoms. The number of carbonyl (C=O) groups is 1. The fourth-order valence-electron chi connectivity index (χ4n) is 4.52. The maximum absolute atomic E-state index is 12.9. The van der Waals surface area contributed by atoms with Crippen molar-refractivity contribution >= 4 is 16.9 Å². The molecule has 1 atom stereocenters. The molecule has 0 aliphatic carbocycles. The van der Waals surface area contributed by atoms with Crippen molar-refractivity contribution in [1.82, 2.24) is 14.9 Å². The van der Waals surface area contributed by atoms with E-state index < -0.39 is 0 Å². The zero-order valence-corrected chi connectivity index (χ0v) is 20.3. The van der Waals surface area contributed by atoms with E-state index in [1.807, 2.05) is 43.3 Å². The predicted molar refractivity (Wildman–Crippen MR) is 141 cm³/mol. The number of aryl methyl sites for hydroxylation is 1. The smallest absolute Gasteiger partial charge is 0.224 e. The number of imidazole rings is 1. The molecule has 4 aromatic rings. The number of unbranched alkanes of at least 4 members (excludes halogenated alkanes) is 4. The SMILES string of the molecule is CCCCCCCn1c(C(C)NC(=O)Cc2ccc(-c3ccccc3)cc2)nc2ccccc21. The maximum Gasteiger partial charge on any atom is 0.224 e. The monoisotopic (exact) mass is 453 g/mol. The Morgan fingerprint density at radius 3 is 2.29 bits per heavy atom. The van der Waals surface area contributed by atoms with E-state index in [4.69, 9.17) is 4.98 Å². The van der Waals surface area contributed by atoms with E-state index in [0.29, 0.717) is 6.42 Å². The number of hydrogen-bond acceptors (Lipinski definition) is 2. The first kappa shape index (κ1) is 23.7. The van der Waals surface area contributed by atoms with Crippen molar-refractivity contribution in [3.8, 4) is 11.1 Å². The fourth-order valence-corrected chi connectivity index (χ4v) is 4.52. The number of nitrogens with one attached hydrogen (secondary N) is 1. The van der Waals surface area contributed by atoms with Gasteiger partial charge in [-0.3, -0.25) is 4.79 Å². The molecule has 0 saturated carbocycles. The minimum Gasteiger partial charge on any atom is -0.346 e. The van der Waals surface area contributed by atoms with Gasteiger partial charge < -0.3 is 9.88 Å². The van der Waals surface area contributed by atoms with Crippen LogP contribution in [-0.2, 0) is 17.8 Å². The van der Waals surface area contributed by atoms with E-state index >= 15 is 0 Å². The molecule has 0 radical (unpaired) electrons. The molecule has 0 aliphatic rings. The standard InChI is InChI=1S/C30H35N3O/c1-3-4-5-6-12-21-33-28-16-11-10-15-27(28)32-30(33)23(2)31-29(34)22-24-17-19-26(20-18-24)25-13-8-7-9-14-25/h7-11,13-20,23H,3-6,12,21-22H2,1-2H3,(H,31,34). The van der Waals surface area contributed by atoms with Gasteiger partial charge in [-0.05, 0) is 42.2 Å². The minimum absolute atomic E-state index is 0.0153. The van der Waals surface area contributed by atoms with E-state index in [9.17, 15) is 4.79 Å². The highest BCUT2D eigenvalue weighted by Crippen LogP contribution is 2.23. The Balaban J connectivity index is 1.41. The predicted octanol–water partition coefficient (Wildman–Crippen LogP) is 7.09. The number of hydrogen-bond donors (Lipinski definition) is 1. The molecular weight excluding hydrogens is 418 g/mol. The van der Waals surface area contributed by atoms with Crippen LogP contribution in [0.15, 0.2) is 78.9 Å². The average molecular weight is 454 g/mol. The van der Waals surface area contributed by atoms with Gasteiger partial charge in [0.25, 0.3) is 0 Å². The second kappa shape index (κ2) is 11.6. The first-order chi connectivity index (χ1) is 16.7. The normalized spacial score (nSPS) is 12.1. The first-order valence-electron chi connectivity index (χ1n) is 12.5. The third-order valence-corrected chi connectivity index (χ3v) is 6.36. The summed E-state index contributed by atoms with van der Waals surface area (Å²) < 4.78 is 2.29. The molecule has 1 aromatic heterocycles. The van der Waals surface area contributed by atoms with Crippen LogP contribution in [0.3, 0.4) is 0 Å². The fraction of sp³-hybridized carbons (Fsp3) is 0.333. The molecule has 1 unspecified atom stereocenters. The molecule has 0 aliphatic heterocycles. The molecule has 176 valence electrons. The van der Waals surface area contributed by atoms with Gasteiger partial charge in [-0.1, -0.05) is 99.3 Å². The van der Waals surface area contributed by atoms with Crippen LogP contribution in [-0.4, -0.2) is 15.5 Å². The second-order valence-corrected chi connectivity index (χ2v) is 9.05. The van der Waals surface area contributed by atoms with Crippen LogP contribution in [0.5, 0.6) is 0 Å². The highest BCUT2D eigenvalue weighted by atomic mass is 16.1. The summed E-state index contributed by atoms with van der Waals surface area (Å²) in [6, 6.07) is 26.6. The number of rotatable bonds is 11. The van der Waals surface area contributed by atoms with Crippen LogP contribution >= 0.6 is 0 Å². The van der Waals surface area contributed by atoms with Crippen LogP contribution in [0.2, 0.25) is 0 Å². The van der Waals surface area contributed by atoms with Crippen LogP contribution in [0.4, 0.5) is 0 Å². The van der Waals surface area contributed by atoms with Gasteiger partial charge in [-0.25, -0.2) is 4.98 Å². The Bertz CT molecular complexity index is 1190. The molecule has 0 bridgehead atoms. The van der Waals surface area contributed by atoms with Crippen molar-refractivity contribution < 1.29 is 4.79 Å². The second-order valence-electron chi connectivity index (χ2n) is 9.05. The Labute approximate surface area is 203 Å². The molecule has 4 heteroatoms. The van der Waals surface area contributed by atoms with Gasteiger partial charge in [0.2, 0.25) is 5.91 Å². The Hall–Kier alpha value is -3.40. The number of nitrogens with zero attached hydrogens (tertiary/aromatic N) is 2. The van der Waals surface area contributed by atoms with E-state index in [1.54, 1.807) is 0 Å². The lowest BCUT2D eigenvalue weighted by atomic mass is 10.0. The van der Waals surface area contributed by atoms with Gasteiger partial charge in [0.1, 0.15) is 5.82 Å². The summed E-state index contributed by atoms with van der Waals surface area (Å²) >= 11 is 0. The number of amides is 1. The molecule has 4 nitrogen and oxygen atoms in total. The summed E-state index contributed by atoms with van der Waals surface area (Å²) in [5, 5.41) is 3.18. The molecular formula is C30H35N3O. The third kappa shape index (κ3) is 5.93. The van der Waals surface area contributed by atoms with Crippen LogP contribution in [0.1, 0.15) is 63.4 Å². The van der Waals surface area contributed by atoms with Crippen molar-refractivity contribution in [3.63, 3.8) is 0 Å². The van der Waals surface area contributed by atoms with Crippen LogP contribution in [0.25, 0.3) is 22.2 Å². The van der Waals surface area contributed by atoms with Gasteiger partial charge in [0.15, 0.2) is 0 Å². The highest BCUT2D eigenvalue weighted by Gasteiger charge is 2.18. The average Bonchev–Trinajstić information content (AvgIpc) is 3.24. The summed E-state index contributed by atoms with van der Waals surface area (Å²) in [5.74, 6) is 0.950. The largest absolute Gasteiger partial charge is 0.346 e. The molecule has 34 heavy (non-hydrogen) atoms. The zero-order valence-electron chi connectivity index (χ0n) is 20.3. The van der Waals surface area contributed by atoms with Crippen molar-refractivity contribution in [1.29, 1.82) is 0 Å². The zero-order chi connectivity index (χ0) is 23.8. The van der Waals surface area contributed by atoms with Gasteiger partial charge in [-0.15, -0.1) is 0 Å². The van der Waals surface area contributed by atoms with E-state index in [2.05, 4.69) is 59.3 Å². The summed E-state index contributed by atoms with van der Waals surface area (Å²) in [6.07, 6.45) is 6.51. The Morgan fingerprint density at radius 2 is 1.53 bits per heavy atom. The van der Waals surface area contributed by atoms with Crippen molar-refractivity contribution in [2.24, 2.45) is 0 Å². The van der Waals surface area contributed by atoms with Gasteiger partial charge in [0.05, 0.1) is 23.5 Å². The lowest BCUT2D eigenvalue weighted by Crippen LogP contribution is -2.30. The van der Waals surface area contributed by atoms with Crippen molar-refractivity contribution in [2.75, 3.05) is 0 Å². The molecule has 0 fully saturated rings. The van der Waals surface area contributed by atoms with Gasteiger partial charge >= 0.3 is 0 Å². The number of para-hydroxylation sites is 2. The van der Waals surface area contributed by atoms with Crippen molar-refractivity contribution in [3.05, 3.63) is 90.3 Å². The molecule has 1 heterocycles. The van der Waals surface area contributed by atoms with E-state index in [1.165, 1.54) is 31.2 Å². The number of carbonyl (C=O) groups excluding carboxylic acids is 1. The molecule has 1 N–H and O–H groups in total. The number of benzene rings is 3. The Kier molecular flexibility index (Phi) is 8.13. The molecule has 3 aromatic carbocycles. The van der Waals surface area contributed by atoms with Gasteiger partial charge in [0, 0.05) is 6.54 Å². The van der Waals surface area contributed by atoms with E-state index in [0.717, 1.165) is 41.0 Å². The van der Waals surface area contributed by atoms with Crippen molar-refractivity contribution in [2.45, 2.75) is 65.0 Å². The van der Waals surface area contributed by atoms with Crippen LogP contribution in [0, 0.1) is 0 Å². The first-order valence-corrected chi connectivity index (χ1v) is 12.5. The topological polar surface area (TPSA) is 46.9 Å². The highest BCUT2D eigenvalue weighted by molar-refractivity contribution is 5.80. The number of fused-ring (bicyclic) bond motifs is 1. The summed E-state index contributed by atoms with van der Waals surface area (Å²) in [7, 11) is 0. The summed E-state index contributed by atoms with van der Waals surface area (Å²) in [4.78, 5) is 17.7. The lowest BCUT2D eigenvalue weighted by Gasteiger charge is -2.16. The van der Waals surface area contributed by atoms with E-state index in [-0.39, 0.29) is 11.9 Å². The Morgan fingerprint density at radius 1 is 0.853 bits per heavy atom. The molecule has 4 rings (SSSR count). The third-order valence-electron chi connectivity index (χ3n) is 6.36. The minimum atomic E-state index is -0.154. The summed E-state index contributed by atoms with van der Waals surface area (Å²) in [6.45, 7) is 5.20.